The zero-order valence-electron chi connectivity index (χ0n) is 12.0. The lowest BCUT2D eigenvalue weighted by Crippen LogP contribution is -2.15. The van der Waals surface area contributed by atoms with Crippen molar-refractivity contribution in [3.05, 3.63) is 52.0 Å². The van der Waals surface area contributed by atoms with Crippen molar-refractivity contribution in [2.45, 2.75) is 11.1 Å². The summed E-state index contributed by atoms with van der Waals surface area (Å²) in [7, 11) is -3.01. The van der Waals surface area contributed by atoms with Crippen molar-refractivity contribution < 1.29 is 26.3 Å². The molecule has 2 rings (SSSR count). The van der Waals surface area contributed by atoms with Gasteiger partial charge in [-0.3, -0.25) is 4.72 Å². The van der Waals surface area contributed by atoms with Crippen molar-refractivity contribution in [2.24, 2.45) is 0 Å². The number of alkyl halides is 3. The summed E-state index contributed by atoms with van der Waals surface area (Å²) in [5.41, 5.74) is -1.38. The average molecular weight is 400 g/mol. The topological polar surface area (TPSA) is 55.4 Å². The molecule has 0 saturated heterocycles. The average Bonchev–Trinajstić information content (AvgIpc) is 2.44. The molecular weight excluding hydrogens is 390 g/mol. The van der Waals surface area contributed by atoms with E-state index in [2.05, 4.69) is 4.72 Å². The number of benzene rings is 2. The van der Waals surface area contributed by atoms with E-state index in [4.69, 9.17) is 27.9 Å². The summed E-state index contributed by atoms with van der Waals surface area (Å²) in [6.45, 7) is 0. The molecule has 4 nitrogen and oxygen atoms in total. The van der Waals surface area contributed by atoms with Gasteiger partial charge in [0.15, 0.2) is 0 Å². The Morgan fingerprint density at radius 1 is 1.04 bits per heavy atom. The van der Waals surface area contributed by atoms with Gasteiger partial charge in [-0.1, -0.05) is 23.2 Å². The quantitative estimate of drug-likeness (QED) is 0.801. The van der Waals surface area contributed by atoms with Gasteiger partial charge in [0.05, 0.1) is 23.3 Å². The molecule has 0 atom stereocenters. The van der Waals surface area contributed by atoms with Gasteiger partial charge in [0.2, 0.25) is 0 Å². The van der Waals surface area contributed by atoms with Crippen LogP contribution < -0.4 is 9.46 Å². The van der Waals surface area contributed by atoms with Crippen molar-refractivity contribution in [2.75, 3.05) is 11.8 Å². The minimum atomic E-state index is -4.63. The van der Waals surface area contributed by atoms with Crippen LogP contribution in [-0.4, -0.2) is 15.5 Å². The fourth-order valence-electron chi connectivity index (χ4n) is 1.85. The van der Waals surface area contributed by atoms with Gasteiger partial charge in [-0.2, -0.15) is 13.2 Å². The van der Waals surface area contributed by atoms with Gasteiger partial charge in [-0.05, 0) is 36.4 Å². The lowest BCUT2D eigenvalue weighted by molar-refractivity contribution is -0.137. The summed E-state index contributed by atoms with van der Waals surface area (Å²) in [6, 6.07) is 6.01. The van der Waals surface area contributed by atoms with E-state index < -0.39 is 21.8 Å². The molecule has 0 amide bonds. The van der Waals surface area contributed by atoms with Crippen LogP contribution in [0.15, 0.2) is 41.3 Å². The third-order valence-corrected chi connectivity index (χ3v) is 4.70. The van der Waals surface area contributed by atoms with Gasteiger partial charge in [-0.25, -0.2) is 8.42 Å². The molecule has 0 aromatic heterocycles. The second kappa shape index (κ2) is 6.70. The fourth-order valence-corrected chi connectivity index (χ4v) is 3.64. The van der Waals surface area contributed by atoms with E-state index in [-0.39, 0.29) is 26.4 Å². The van der Waals surface area contributed by atoms with E-state index in [1.165, 1.54) is 13.2 Å². The Kier molecular flexibility index (Phi) is 5.22. The molecule has 0 aliphatic rings. The predicted octanol–water partition coefficient (Wildman–Crippen LogP) is 4.82. The summed E-state index contributed by atoms with van der Waals surface area (Å²) < 4.78 is 70.1. The highest BCUT2D eigenvalue weighted by molar-refractivity contribution is 7.92. The molecule has 0 aliphatic heterocycles. The molecule has 0 fully saturated rings. The molecule has 0 heterocycles. The highest BCUT2D eigenvalue weighted by Gasteiger charge is 2.31. The Morgan fingerprint density at radius 2 is 1.62 bits per heavy atom. The number of nitrogens with one attached hydrogen (secondary N) is 1. The third kappa shape index (κ3) is 4.25. The number of hydrogen-bond acceptors (Lipinski definition) is 3. The largest absolute Gasteiger partial charge is 0.495 e. The summed E-state index contributed by atoms with van der Waals surface area (Å²) >= 11 is 11.5. The van der Waals surface area contributed by atoms with Crippen LogP contribution in [0.2, 0.25) is 10.0 Å². The maximum Gasteiger partial charge on any atom is 0.416 e. The van der Waals surface area contributed by atoms with E-state index in [0.717, 1.165) is 24.3 Å². The highest BCUT2D eigenvalue weighted by Crippen LogP contribution is 2.36. The van der Waals surface area contributed by atoms with Crippen LogP contribution in [0.5, 0.6) is 5.75 Å². The molecule has 0 aliphatic carbocycles. The van der Waals surface area contributed by atoms with E-state index in [0.29, 0.717) is 6.07 Å². The molecule has 10 heteroatoms. The first-order valence-corrected chi connectivity index (χ1v) is 8.51. The molecule has 2 aromatic carbocycles. The summed E-state index contributed by atoms with van der Waals surface area (Å²) in [5, 5.41) is 0.137. The summed E-state index contributed by atoms with van der Waals surface area (Å²) in [5.74, 6) is -0.0697. The SMILES string of the molecule is COc1ccc(C(F)(F)F)cc1NS(=O)(=O)c1cc(Cl)cc(Cl)c1. The number of methoxy groups -OCH3 is 1. The first-order valence-electron chi connectivity index (χ1n) is 6.27. The maximum absolute atomic E-state index is 12.8. The van der Waals surface area contributed by atoms with Crippen LogP contribution in [0.25, 0.3) is 0 Å². The molecular formula is C14H10Cl2F3NO3S. The summed E-state index contributed by atoms with van der Waals surface area (Å²) in [4.78, 5) is -0.292. The first kappa shape index (κ1) is 18.7. The van der Waals surface area contributed by atoms with Crippen molar-refractivity contribution in [1.29, 1.82) is 0 Å². The van der Waals surface area contributed by atoms with Crippen LogP contribution in [0, 0.1) is 0 Å². The lowest BCUT2D eigenvalue weighted by atomic mass is 10.2. The van der Waals surface area contributed by atoms with Gasteiger partial charge in [-0.15, -0.1) is 0 Å². The number of halogens is 5. The van der Waals surface area contributed by atoms with Crippen LogP contribution in [0.4, 0.5) is 18.9 Å². The Labute approximate surface area is 146 Å². The lowest BCUT2D eigenvalue weighted by Gasteiger charge is -2.15. The first-order chi connectivity index (χ1) is 11.0. The van der Waals surface area contributed by atoms with Crippen molar-refractivity contribution in [3.8, 4) is 5.75 Å². The zero-order chi connectivity index (χ0) is 18.1. The Hall–Kier alpha value is -1.64. The molecule has 0 radical (unpaired) electrons. The van der Waals surface area contributed by atoms with Crippen LogP contribution in [-0.2, 0) is 16.2 Å². The molecule has 24 heavy (non-hydrogen) atoms. The van der Waals surface area contributed by atoms with Crippen LogP contribution in [0.3, 0.4) is 0 Å². The molecule has 2 aromatic rings. The Morgan fingerprint density at radius 3 is 2.12 bits per heavy atom. The Balaban J connectivity index is 2.48. The van der Waals surface area contributed by atoms with E-state index in [1.54, 1.807) is 0 Å². The van der Waals surface area contributed by atoms with Gasteiger partial charge in [0.25, 0.3) is 10.0 Å². The molecule has 0 bridgehead atoms. The molecule has 0 unspecified atom stereocenters. The Bertz CT molecular complexity index is 850. The van der Waals surface area contributed by atoms with Crippen LogP contribution >= 0.6 is 23.2 Å². The zero-order valence-corrected chi connectivity index (χ0v) is 14.3. The second-order valence-corrected chi connectivity index (χ2v) is 7.18. The predicted molar refractivity (Wildman–Crippen MR) is 85.3 cm³/mol. The number of sulfonamides is 1. The minimum Gasteiger partial charge on any atom is -0.495 e. The van der Waals surface area contributed by atoms with Crippen molar-refractivity contribution in [3.63, 3.8) is 0 Å². The number of ether oxygens (including phenoxy) is 1. The van der Waals surface area contributed by atoms with Gasteiger partial charge < -0.3 is 4.74 Å². The monoisotopic (exact) mass is 399 g/mol. The van der Waals surface area contributed by atoms with Gasteiger partial charge in [0.1, 0.15) is 5.75 Å². The molecule has 1 N–H and O–H groups in total. The van der Waals surface area contributed by atoms with E-state index in [9.17, 15) is 21.6 Å². The highest BCUT2D eigenvalue weighted by atomic mass is 35.5. The van der Waals surface area contributed by atoms with E-state index in [1.807, 2.05) is 0 Å². The molecule has 0 spiro atoms. The maximum atomic E-state index is 12.8. The second-order valence-electron chi connectivity index (χ2n) is 4.62. The van der Waals surface area contributed by atoms with E-state index >= 15 is 0 Å². The molecule has 0 saturated carbocycles. The van der Waals surface area contributed by atoms with Crippen molar-refractivity contribution >= 4 is 38.9 Å². The minimum absolute atomic E-state index is 0.0684. The van der Waals surface area contributed by atoms with Gasteiger partial charge >= 0.3 is 6.18 Å². The van der Waals surface area contributed by atoms with Gasteiger partial charge in [0, 0.05) is 10.0 Å². The normalized spacial score (nSPS) is 12.1. The summed E-state index contributed by atoms with van der Waals surface area (Å²) in [6.07, 6.45) is -4.63. The fraction of sp³-hybridized carbons (Fsp3) is 0.143. The van der Waals surface area contributed by atoms with Crippen LogP contribution in [0.1, 0.15) is 5.56 Å². The number of rotatable bonds is 4. The number of anilines is 1. The standard InChI is InChI=1S/C14H10Cl2F3NO3S/c1-23-13-3-2-8(14(17,18)19)4-12(13)20-24(21,22)11-6-9(15)5-10(16)7-11/h2-7,20H,1H3. The van der Waals surface area contributed by atoms with Crippen molar-refractivity contribution in [1.82, 2.24) is 0 Å². The number of hydrogen-bond donors (Lipinski definition) is 1. The molecule has 130 valence electrons. The third-order valence-electron chi connectivity index (χ3n) is 2.92. The smallest absolute Gasteiger partial charge is 0.416 e.